The van der Waals surface area contributed by atoms with Crippen molar-refractivity contribution in [3.63, 3.8) is 0 Å². The molecular weight excluding hydrogens is 397 g/mol. The van der Waals surface area contributed by atoms with E-state index in [1.165, 1.54) is 6.07 Å². The lowest BCUT2D eigenvalue weighted by Crippen LogP contribution is -2.24. The van der Waals surface area contributed by atoms with E-state index in [2.05, 4.69) is 27.4 Å². The fraction of sp³-hybridized carbons (Fsp3) is 0.333. The van der Waals surface area contributed by atoms with Crippen molar-refractivity contribution in [2.45, 2.75) is 18.9 Å². The first-order valence-electron chi connectivity index (χ1n) is 8.55. The summed E-state index contributed by atoms with van der Waals surface area (Å²) in [5, 5.41) is 10.8. The van der Waals surface area contributed by atoms with Gasteiger partial charge >= 0.3 is 0 Å². The lowest BCUT2D eigenvalue weighted by molar-refractivity contribution is 0.0978. The quantitative estimate of drug-likeness (QED) is 0.469. The molecular formula is C21H25BrFNO2. The number of hydrogen-bond acceptors (Lipinski definition) is 3. The van der Waals surface area contributed by atoms with Gasteiger partial charge < -0.3 is 14.7 Å². The van der Waals surface area contributed by atoms with Crippen LogP contribution in [0.25, 0.3) is 0 Å². The number of rotatable bonds is 9. The zero-order chi connectivity index (χ0) is 19.2. The molecule has 0 aliphatic carbocycles. The molecule has 0 bridgehead atoms. The maximum Gasteiger partial charge on any atom is 0.133 e. The summed E-state index contributed by atoms with van der Waals surface area (Å²) in [5.41, 5.74) is -0.576. The van der Waals surface area contributed by atoms with Gasteiger partial charge in [-0.15, -0.1) is 6.58 Å². The standard InChI is InChI=1S/C21H25BrFNO2/c1-4-12-24(3)13-5-14-26-18-10-11-19(20(23)15-18)21(2,25)16-6-8-17(22)9-7-16/h4,6-11,15,25H,1,5,12-14H2,2-3H3. The first kappa shape index (κ1) is 20.6. The van der Waals surface area contributed by atoms with Crippen LogP contribution >= 0.6 is 15.9 Å². The van der Waals surface area contributed by atoms with E-state index in [4.69, 9.17) is 4.74 Å². The van der Waals surface area contributed by atoms with Crippen LogP contribution in [0.5, 0.6) is 5.75 Å². The van der Waals surface area contributed by atoms with Crippen LogP contribution in [-0.2, 0) is 5.60 Å². The molecule has 2 aromatic rings. The Hall–Kier alpha value is -1.69. The Morgan fingerprint density at radius 2 is 1.96 bits per heavy atom. The molecule has 26 heavy (non-hydrogen) atoms. The van der Waals surface area contributed by atoms with E-state index in [1.54, 1.807) is 31.2 Å². The number of nitrogens with zero attached hydrogens (tertiary/aromatic N) is 1. The second-order valence-electron chi connectivity index (χ2n) is 6.47. The van der Waals surface area contributed by atoms with E-state index in [1.807, 2.05) is 25.3 Å². The Morgan fingerprint density at radius 3 is 2.58 bits per heavy atom. The first-order chi connectivity index (χ1) is 12.3. The van der Waals surface area contributed by atoms with Crippen molar-refractivity contribution in [2.24, 2.45) is 0 Å². The van der Waals surface area contributed by atoms with Crippen LogP contribution < -0.4 is 4.74 Å². The molecule has 0 aliphatic rings. The van der Waals surface area contributed by atoms with Crippen molar-refractivity contribution >= 4 is 15.9 Å². The topological polar surface area (TPSA) is 32.7 Å². The highest BCUT2D eigenvalue weighted by Gasteiger charge is 2.29. The SMILES string of the molecule is C=CCN(C)CCCOc1ccc(C(C)(O)c2ccc(Br)cc2)c(F)c1. The largest absolute Gasteiger partial charge is 0.493 e. The molecule has 0 aliphatic heterocycles. The van der Waals surface area contributed by atoms with E-state index in [-0.39, 0.29) is 5.56 Å². The molecule has 2 aromatic carbocycles. The predicted octanol–water partition coefficient (Wildman–Crippen LogP) is 4.73. The van der Waals surface area contributed by atoms with Crippen molar-refractivity contribution in [2.75, 3.05) is 26.7 Å². The third-order valence-electron chi connectivity index (χ3n) is 4.27. The molecule has 0 spiro atoms. The normalized spacial score (nSPS) is 13.5. The zero-order valence-electron chi connectivity index (χ0n) is 15.2. The van der Waals surface area contributed by atoms with Gasteiger partial charge in [-0.3, -0.25) is 0 Å². The molecule has 0 radical (unpaired) electrons. The molecule has 1 N–H and O–H groups in total. The Balaban J connectivity index is 2.02. The van der Waals surface area contributed by atoms with Gasteiger partial charge in [0.1, 0.15) is 17.2 Å². The minimum Gasteiger partial charge on any atom is -0.493 e. The van der Waals surface area contributed by atoms with Crippen LogP contribution in [0.1, 0.15) is 24.5 Å². The molecule has 1 atom stereocenters. The van der Waals surface area contributed by atoms with Gasteiger partial charge in [0.25, 0.3) is 0 Å². The monoisotopic (exact) mass is 421 g/mol. The van der Waals surface area contributed by atoms with Crippen molar-refractivity contribution < 1.29 is 14.2 Å². The maximum absolute atomic E-state index is 14.6. The predicted molar refractivity (Wildman–Crippen MR) is 107 cm³/mol. The molecule has 0 heterocycles. The summed E-state index contributed by atoms with van der Waals surface area (Å²) in [7, 11) is 2.01. The number of benzene rings is 2. The number of ether oxygens (including phenoxy) is 1. The molecule has 140 valence electrons. The molecule has 2 rings (SSSR count). The second-order valence-corrected chi connectivity index (χ2v) is 7.39. The minimum absolute atomic E-state index is 0.220. The third kappa shape index (κ3) is 5.40. The molecule has 0 aromatic heterocycles. The summed E-state index contributed by atoms with van der Waals surface area (Å²) in [4.78, 5) is 2.13. The Kier molecular flexibility index (Phi) is 7.38. The van der Waals surface area contributed by atoms with Crippen LogP contribution in [0.15, 0.2) is 59.6 Å². The van der Waals surface area contributed by atoms with Crippen molar-refractivity contribution in [1.29, 1.82) is 0 Å². The van der Waals surface area contributed by atoms with Crippen LogP contribution in [-0.4, -0.2) is 36.8 Å². The molecule has 0 saturated heterocycles. The average molecular weight is 422 g/mol. The van der Waals surface area contributed by atoms with E-state index in [0.29, 0.717) is 17.9 Å². The second kappa shape index (κ2) is 9.31. The summed E-state index contributed by atoms with van der Waals surface area (Å²) in [6, 6.07) is 11.8. The minimum atomic E-state index is -1.42. The highest BCUT2D eigenvalue weighted by atomic mass is 79.9. The lowest BCUT2D eigenvalue weighted by Gasteiger charge is -2.25. The molecule has 0 amide bonds. The number of hydrogen-bond donors (Lipinski definition) is 1. The van der Waals surface area contributed by atoms with Crippen molar-refractivity contribution in [3.05, 3.63) is 76.5 Å². The Labute approximate surface area is 163 Å². The van der Waals surface area contributed by atoms with Gasteiger partial charge in [0.15, 0.2) is 0 Å². The van der Waals surface area contributed by atoms with Crippen molar-refractivity contribution in [3.8, 4) is 5.75 Å². The van der Waals surface area contributed by atoms with Crippen LogP contribution in [0.2, 0.25) is 0 Å². The zero-order valence-corrected chi connectivity index (χ0v) is 16.8. The number of likely N-dealkylation sites (N-methyl/N-ethyl adjacent to an activating group) is 1. The summed E-state index contributed by atoms with van der Waals surface area (Å²) in [6.07, 6.45) is 2.69. The number of aliphatic hydroxyl groups is 1. The summed E-state index contributed by atoms with van der Waals surface area (Å²) >= 11 is 3.36. The van der Waals surface area contributed by atoms with Crippen molar-refractivity contribution in [1.82, 2.24) is 4.90 Å². The highest BCUT2D eigenvalue weighted by molar-refractivity contribution is 9.10. The van der Waals surface area contributed by atoms with Gasteiger partial charge in [0, 0.05) is 29.2 Å². The van der Waals surface area contributed by atoms with E-state index in [9.17, 15) is 9.50 Å². The Morgan fingerprint density at radius 1 is 1.27 bits per heavy atom. The Bertz CT molecular complexity index is 731. The molecule has 0 saturated carbocycles. The summed E-state index contributed by atoms with van der Waals surface area (Å²) < 4.78 is 21.1. The maximum atomic E-state index is 14.6. The van der Waals surface area contributed by atoms with Gasteiger partial charge in [-0.25, -0.2) is 4.39 Å². The first-order valence-corrected chi connectivity index (χ1v) is 9.34. The van der Waals surface area contributed by atoms with Crippen LogP contribution in [0.3, 0.4) is 0 Å². The molecule has 3 nitrogen and oxygen atoms in total. The average Bonchev–Trinajstić information content (AvgIpc) is 2.59. The van der Waals surface area contributed by atoms with Gasteiger partial charge in [0.05, 0.1) is 6.61 Å². The van der Waals surface area contributed by atoms with Gasteiger partial charge in [0.2, 0.25) is 0 Å². The van der Waals surface area contributed by atoms with Crippen LogP contribution in [0, 0.1) is 5.82 Å². The fourth-order valence-corrected chi connectivity index (χ4v) is 3.01. The number of halogens is 2. The van der Waals surface area contributed by atoms with Gasteiger partial charge in [-0.1, -0.05) is 34.1 Å². The smallest absolute Gasteiger partial charge is 0.133 e. The van der Waals surface area contributed by atoms with E-state index >= 15 is 0 Å². The molecule has 1 unspecified atom stereocenters. The van der Waals surface area contributed by atoms with Gasteiger partial charge in [-0.05, 0) is 50.2 Å². The molecule has 5 heteroatoms. The third-order valence-corrected chi connectivity index (χ3v) is 4.79. The molecule has 0 fully saturated rings. The summed E-state index contributed by atoms with van der Waals surface area (Å²) in [5.74, 6) is -0.0246. The van der Waals surface area contributed by atoms with Gasteiger partial charge in [-0.2, -0.15) is 0 Å². The fourth-order valence-electron chi connectivity index (χ4n) is 2.75. The summed E-state index contributed by atoms with van der Waals surface area (Å²) in [6.45, 7) is 7.50. The lowest BCUT2D eigenvalue weighted by atomic mass is 9.88. The van der Waals surface area contributed by atoms with E-state index < -0.39 is 11.4 Å². The van der Waals surface area contributed by atoms with Crippen LogP contribution in [0.4, 0.5) is 4.39 Å². The van der Waals surface area contributed by atoms with E-state index in [0.717, 1.165) is 24.0 Å². The highest BCUT2D eigenvalue weighted by Crippen LogP contribution is 2.33.